The predicted molar refractivity (Wildman–Crippen MR) is 85.5 cm³/mol. The van der Waals surface area contributed by atoms with Crippen LogP contribution >= 0.6 is 11.8 Å². The number of fused-ring (bicyclic) bond motifs is 1. The van der Waals surface area contributed by atoms with Crippen LogP contribution in [0.3, 0.4) is 0 Å². The summed E-state index contributed by atoms with van der Waals surface area (Å²) in [6.45, 7) is 2.14. The highest BCUT2D eigenvalue weighted by Gasteiger charge is 2.43. The molecular weight excluding hydrogens is 286 g/mol. The van der Waals surface area contributed by atoms with Gasteiger partial charge >= 0.3 is 5.97 Å². The molecule has 5 heteroatoms. The lowest BCUT2D eigenvalue weighted by Crippen LogP contribution is -2.57. The van der Waals surface area contributed by atoms with E-state index in [0.717, 1.165) is 44.3 Å². The quantitative estimate of drug-likeness (QED) is 0.765. The molecule has 2 fully saturated rings. The number of hydrogen-bond donors (Lipinski definition) is 1. The Kier molecular flexibility index (Phi) is 6.40. The average Bonchev–Trinajstić information content (AvgIpc) is 2.50. The van der Waals surface area contributed by atoms with Gasteiger partial charge in [-0.1, -0.05) is 26.2 Å². The largest absolute Gasteiger partial charge is 0.480 e. The van der Waals surface area contributed by atoms with Gasteiger partial charge in [0.15, 0.2) is 0 Å². The number of carbonyl (C=O) groups is 2. The highest BCUT2D eigenvalue weighted by Crippen LogP contribution is 2.38. The highest BCUT2D eigenvalue weighted by atomic mass is 32.2. The Bertz CT molecular complexity index is 375. The van der Waals surface area contributed by atoms with Gasteiger partial charge in [0, 0.05) is 6.04 Å². The molecule has 2 aliphatic rings. The minimum Gasteiger partial charge on any atom is -0.480 e. The van der Waals surface area contributed by atoms with Crippen molar-refractivity contribution in [2.45, 2.75) is 70.4 Å². The number of unbranched alkanes of at least 4 members (excludes halogenated alkanes) is 1. The van der Waals surface area contributed by atoms with Crippen LogP contribution in [0.2, 0.25) is 0 Å². The molecule has 1 saturated carbocycles. The Morgan fingerprint density at radius 1 is 1.19 bits per heavy atom. The molecule has 0 bridgehead atoms. The van der Waals surface area contributed by atoms with Crippen LogP contribution in [0, 0.1) is 5.92 Å². The molecule has 1 amide bonds. The number of likely N-dealkylation sites (tertiary alicyclic amines) is 1. The van der Waals surface area contributed by atoms with Gasteiger partial charge in [0.1, 0.15) is 6.04 Å². The highest BCUT2D eigenvalue weighted by molar-refractivity contribution is 7.99. The molecule has 120 valence electrons. The smallest absolute Gasteiger partial charge is 0.326 e. The third kappa shape index (κ3) is 4.15. The zero-order valence-electron chi connectivity index (χ0n) is 12.9. The SMILES string of the molecule is CCCCSCC(=O)N1C(C(=O)O)CCC2CCCCC21. The van der Waals surface area contributed by atoms with E-state index in [1.807, 2.05) is 0 Å². The lowest BCUT2D eigenvalue weighted by atomic mass is 9.76. The summed E-state index contributed by atoms with van der Waals surface area (Å²) in [7, 11) is 0. The summed E-state index contributed by atoms with van der Waals surface area (Å²) in [6, 6.07) is -0.420. The van der Waals surface area contributed by atoms with E-state index in [1.54, 1.807) is 16.7 Å². The van der Waals surface area contributed by atoms with Crippen LogP contribution in [0.1, 0.15) is 58.3 Å². The van der Waals surface area contributed by atoms with Gasteiger partial charge in [-0.3, -0.25) is 4.79 Å². The summed E-state index contributed by atoms with van der Waals surface area (Å²) in [4.78, 5) is 25.8. The van der Waals surface area contributed by atoms with E-state index in [2.05, 4.69) is 6.92 Å². The standard InChI is InChI=1S/C16H27NO3S/c1-2-3-10-21-11-15(18)17-13-7-5-4-6-12(13)8-9-14(17)16(19)20/h12-14H,2-11H2,1H3,(H,19,20). The van der Waals surface area contributed by atoms with Crippen molar-refractivity contribution < 1.29 is 14.7 Å². The first-order chi connectivity index (χ1) is 10.1. The van der Waals surface area contributed by atoms with Crippen LogP contribution in [0.25, 0.3) is 0 Å². The molecule has 0 aromatic rings. The second-order valence-electron chi connectivity index (χ2n) is 6.25. The summed E-state index contributed by atoms with van der Waals surface area (Å²) in [5.74, 6) is 1.17. The molecule has 0 radical (unpaired) electrons. The van der Waals surface area contributed by atoms with Crippen molar-refractivity contribution in [3.63, 3.8) is 0 Å². The van der Waals surface area contributed by atoms with E-state index in [9.17, 15) is 14.7 Å². The summed E-state index contributed by atoms with van der Waals surface area (Å²) in [6.07, 6.45) is 8.34. The summed E-state index contributed by atoms with van der Waals surface area (Å²) < 4.78 is 0. The van der Waals surface area contributed by atoms with Gasteiger partial charge in [-0.2, -0.15) is 11.8 Å². The van der Waals surface area contributed by atoms with Crippen LogP contribution in [-0.4, -0.2) is 45.5 Å². The minimum atomic E-state index is -0.828. The van der Waals surface area contributed by atoms with Crippen molar-refractivity contribution in [2.24, 2.45) is 5.92 Å². The molecule has 1 aliphatic heterocycles. The van der Waals surface area contributed by atoms with Crippen LogP contribution in [0.4, 0.5) is 0 Å². The molecule has 1 aliphatic carbocycles. The van der Waals surface area contributed by atoms with E-state index in [-0.39, 0.29) is 11.9 Å². The van der Waals surface area contributed by atoms with E-state index in [4.69, 9.17) is 0 Å². The topological polar surface area (TPSA) is 57.6 Å². The monoisotopic (exact) mass is 313 g/mol. The predicted octanol–water partition coefficient (Wildman–Crippen LogP) is 3.15. The fourth-order valence-corrected chi connectivity index (χ4v) is 4.68. The number of nitrogens with zero attached hydrogens (tertiary/aromatic N) is 1. The molecule has 1 N–H and O–H groups in total. The first kappa shape index (κ1) is 16.7. The Morgan fingerprint density at radius 2 is 1.95 bits per heavy atom. The molecule has 1 heterocycles. The molecule has 1 saturated heterocycles. The third-order valence-corrected chi connectivity index (χ3v) is 5.84. The van der Waals surface area contributed by atoms with Crippen molar-refractivity contribution >= 4 is 23.6 Å². The molecule has 0 aromatic carbocycles. The van der Waals surface area contributed by atoms with Crippen molar-refractivity contribution in [1.82, 2.24) is 4.90 Å². The van der Waals surface area contributed by atoms with E-state index in [0.29, 0.717) is 18.1 Å². The number of rotatable bonds is 6. The Hall–Kier alpha value is -0.710. The maximum atomic E-state index is 12.6. The second kappa shape index (κ2) is 8.06. The van der Waals surface area contributed by atoms with Crippen molar-refractivity contribution in [2.75, 3.05) is 11.5 Å². The summed E-state index contributed by atoms with van der Waals surface area (Å²) in [5.41, 5.74) is 0. The molecule has 2 rings (SSSR count). The number of amides is 1. The van der Waals surface area contributed by atoms with Gasteiger partial charge in [-0.25, -0.2) is 4.79 Å². The van der Waals surface area contributed by atoms with Gasteiger partial charge in [0.05, 0.1) is 5.75 Å². The average molecular weight is 313 g/mol. The maximum absolute atomic E-state index is 12.6. The van der Waals surface area contributed by atoms with Gasteiger partial charge in [0.25, 0.3) is 0 Å². The maximum Gasteiger partial charge on any atom is 0.326 e. The van der Waals surface area contributed by atoms with Gasteiger partial charge in [-0.15, -0.1) is 0 Å². The van der Waals surface area contributed by atoms with Gasteiger partial charge in [0.2, 0.25) is 5.91 Å². The molecule has 3 atom stereocenters. The summed E-state index contributed by atoms with van der Waals surface area (Å²) in [5, 5.41) is 9.46. The van der Waals surface area contributed by atoms with Crippen molar-refractivity contribution in [1.29, 1.82) is 0 Å². The molecule has 21 heavy (non-hydrogen) atoms. The van der Waals surface area contributed by atoms with Gasteiger partial charge < -0.3 is 10.0 Å². The molecule has 3 unspecified atom stereocenters. The Morgan fingerprint density at radius 3 is 2.67 bits per heavy atom. The molecule has 0 aromatic heterocycles. The lowest BCUT2D eigenvalue weighted by molar-refractivity contribution is -0.156. The zero-order valence-corrected chi connectivity index (χ0v) is 13.7. The second-order valence-corrected chi connectivity index (χ2v) is 7.36. The van der Waals surface area contributed by atoms with Crippen LogP contribution < -0.4 is 0 Å². The van der Waals surface area contributed by atoms with Gasteiger partial charge in [-0.05, 0) is 43.8 Å². The lowest BCUT2D eigenvalue weighted by Gasteiger charge is -2.47. The van der Waals surface area contributed by atoms with Crippen molar-refractivity contribution in [3.05, 3.63) is 0 Å². The van der Waals surface area contributed by atoms with E-state index in [1.165, 1.54) is 6.42 Å². The third-order valence-electron chi connectivity index (χ3n) is 4.81. The first-order valence-corrected chi connectivity index (χ1v) is 9.42. The van der Waals surface area contributed by atoms with Crippen LogP contribution in [0.15, 0.2) is 0 Å². The molecule has 0 spiro atoms. The van der Waals surface area contributed by atoms with Crippen LogP contribution in [-0.2, 0) is 9.59 Å². The number of piperidine rings is 1. The number of thioether (sulfide) groups is 1. The summed E-state index contributed by atoms with van der Waals surface area (Å²) >= 11 is 1.65. The fraction of sp³-hybridized carbons (Fsp3) is 0.875. The van der Waals surface area contributed by atoms with E-state index < -0.39 is 12.0 Å². The minimum absolute atomic E-state index is 0.0418. The fourth-order valence-electron chi connectivity index (χ4n) is 3.71. The number of carbonyl (C=O) groups excluding carboxylic acids is 1. The number of aliphatic carboxylic acids is 1. The molecular formula is C16H27NO3S. The normalized spacial score (nSPS) is 29.0. The molecule has 4 nitrogen and oxygen atoms in total. The van der Waals surface area contributed by atoms with Crippen LogP contribution in [0.5, 0.6) is 0 Å². The number of carboxylic acids is 1. The zero-order chi connectivity index (χ0) is 15.2. The number of hydrogen-bond acceptors (Lipinski definition) is 3. The number of carboxylic acid groups (broad SMARTS) is 1. The first-order valence-electron chi connectivity index (χ1n) is 8.26. The van der Waals surface area contributed by atoms with E-state index >= 15 is 0 Å². The van der Waals surface area contributed by atoms with Crippen molar-refractivity contribution in [3.8, 4) is 0 Å². The Balaban J connectivity index is 2.01. The Labute approximate surface area is 131 Å².